The van der Waals surface area contributed by atoms with E-state index in [9.17, 15) is 18.8 Å². The van der Waals surface area contributed by atoms with Gasteiger partial charge in [0.25, 0.3) is 0 Å². The number of carbonyl (C=O) groups is 2. The third kappa shape index (κ3) is 4.38. The molecule has 2 aromatic carbocycles. The zero-order chi connectivity index (χ0) is 19.4. The quantitative estimate of drug-likeness (QED) is 0.377. The lowest BCUT2D eigenvalue weighted by atomic mass is 10.1. The van der Waals surface area contributed by atoms with Gasteiger partial charge in [0.1, 0.15) is 17.1 Å². The van der Waals surface area contributed by atoms with Crippen molar-refractivity contribution in [2.24, 2.45) is 0 Å². The van der Waals surface area contributed by atoms with Crippen LogP contribution in [-0.2, 0) is 9.53 Å². The van der Waals surface area contributed by atoms with E-state index in [0.29, 0.717) is 11.3 Å². The lowest BCUT2D eigenvalue weighted by molar-refractivity contribution is -0.144. The minimum absolute atomic E-state index is 0.147. The van der Waals surface area contributed by atoms with Gasteiger partial charge in [0.05, 0.1) is 5.56 Å². The molecule has 27 heavy (non-hydrogen) atoms. The van der Waals surface area contributed by atoms with E-state index in [1.165, 1.54) is 30.3 Å². The van der Waals surface area contributed by atoms with Crippen LogP contribution >= 0.6 is 0 Å². The van der Waals surface area contributed by atoms with Crippen LogP contribution in [0.4, 0.5) is 4.39 Å². The van der Waals surface area contributed by atoms with Gasteiger partial charge in [-0.3, -0.25) is 4.79 Å². The smallest absolute Gasteiger partial charge is 0.344 e. The van der Waals surface area contributed by atoms with Crippen LogP contribution in [0.15, 0.2) is 57.7 Å². The fourth-order valence-corrected chi connectivity index (χ4v) is 2.49. The van der Waals surface area contributed by atoms with Gasteiger partial charge in [-0.05, 0) is 36.8 Å². The van der Waals surface area contributed by atoms with Crippen molar-refractivity contribution in [1.29, 1.82) is 0 Å². The molecule has 0 fully saturated rings. The summed E-state index contributed by atoms with van der Waals surface area (Å²) in [4.78, 5) is 35.0. The van der Waals surface area contributed by atoms with Gasteiger partial charge in [-0.25, -0.2) is 14.0 Å². The molecular weight excluding hydrogens is 355 g/mol. The summed E-state index contributed by atoms with van der Waals surface area (Å²) < 4.78 is 28.7. The number of esters is 1. The third-order valence-electron chi connectivity index (χ3n) is 3.82. The molecule has 138 valence electrons. The first kappa shape index (κ1) is 18.3. The van der Waals surface area contributed by atoms with Gasteiger partial charge in [-0.15, -0.1) is 0 Å². The van der Waals surface area contributed by atoms with Crippen LogP contribution in [0, 0.1) is 12.7 Å². The number of rotatable bonds is 6. The van der Waals surface area contributed by atoms with Crippen LogP contribution in [0.25, 0.3) is 11.0 Å². The molecule has 3 rings (SSSR count). The number of fused-ring (bicyclic) bond motifs is 1. The van der Waals surface area contributed by atoms with Crippen LogP contribution in [-0.4, -0.2) is 25.0 Å². The van der Waals surface area contributed by atoms with E-state index >= 15 is 0 Å². The molecular formula is C20H15FO6. The van der Waals surface area contributed by atoms with Crippen molar-refractivity contribution in [3.05, 3.63) is 75.9 Å². The summed E-state index contributed by atoms with van der Waals surface area (Å²) in [5.74, 6) is -1.81. The van der Waals surface area contributed by atoms with E-state index in [2.05, 4.69) is 0 Å². The van der Waals surface area contributed by atoms with Gasteiger partial charge in [-0.1, -0.05) is 12.1 Å². The van der Waals surface area contributed by atoms with E-state index in [1.54, 1.807) is 19.1 Å². The Bertz CT molecular complexity index is 1070. The first-order chi connectivity index (χ1) is 12.9. The molecule has 1 heterocycles. The number of hydrogen-bond donors (Lipinski definition) is 0. The van der Waals surface area contributed by atoms with Crippen molar-refractivity contribution in [2.45, 2.75) is 6.92 Å². The number of ether oxygens (including phenoxy) is 2. The summed E-state index contributed by atoms with van der Waals surface area (Å²) in [6.45, 7) is 0.741. The molecule has 0 N–H and O–H groups in total. The van der Waals surface area contributed by atoms with Gasteiger partial charge in [0.2, 0.25) is 5.78 Å². The molecule has 1 aromatic heterocycles. The van der Waals surface area contributed by atoms with Gasteiger partial charge in [-0.2, -0.15) is 0 Å². The van der Waals surface area contributed by atoms with Crippen molar-refractivity contribution >= 4 is 22.7 Å². The highest BCUT2D eigenvalue weighted by Gasteiger charge is 2.14. The Labute approximate surface area is 153 Å². The molecule has 0 atom stereocenters. The number of ketones is 1. The molecule has 0 radical (unpaired) electrons. The topological polar surface area (TPSA) is 82.8 Å². The minimum Gasteiger partial charge on any atom is -0.482 e. The number of benzene rings is 2. The van der Waals surface area contributed by atoms with Crippen LogP contribution in [0.1, 0.15) is 15.9 Å². The highest BCUT2D eigenvalue weighted by atomic mass is 19.1. The molecule has 7 heteroatoms. The lowest BCUT2D eigenvalue weighted by Gasteiger charge is -2.08. The average Bonchev–Trinajstić information content (AvgIpc) is 2.64. The molecule has 0 aliphatic carbocycles. The SMILES string of the molecule is Cc1cc(=O)oc2cc(OCC(=O)OCC(=O)c3ccccc3F)ccc12. The van der Waals surface area contributed by atoms with Gasteiger partial charge in [0, 0.05) is 17.5 Å². The molecule has 3 aromatic rings. The second kappa shape index (κ2) is 7.82. The Hall–Kier alpha value is -3.48. The van der Waals surface area contributed by atoms with E-state index in [4.69, 9.17) is 13.9 Å². The Kier molecular flexibility index (Phi) is 5.30. The molecule has 6 nitrogen and oxygen atoms in total. The zero-order valence-corrected chi connectivity index (χ0v) is 14.4. The summed E-state index contributed by atoms with van der Waals surface area (Å²) in [5, 5.41) is 0.750. The van der Waals surface area contributed by atoms with Crippen molar-refractivity contribution in [3.63, 3.8) is 0 Å². The van der Waals surface area contributed by atoms with Crippen LogP contribution in [0.3, 0.4) is 0 Å². The minimum atomic E-state index is -0.787. The molecule has 0 saturated heterocycles. The monoisotopic (exact) mass is 370 g/mol. The molecule has 0 unspecified atom stereocenters. The zero-order valence-electron chi connectivity index (χ0n) is 14.4. The summed E-state index contributed by atoms with van der Waals surface area (Å²) >= 11 is 0. The summed E-state index contributed by atoms with van der Waals surface area (Å²) in [6, 6.07) is 11.6. The van der Waals surface area contributed by atoms with Gasteiger partial charge >= 0.3 is 11.6 Å². The molecule has 0 amide bonds. The first-order valence-corrected chi connectivity index (χ1v) is 8.05. The second-order valence-corrected chi connectivity index (χ2v) is 5.76. The third-order valence-corrected chi connectivity index (χ3v) is 3.82. The van der Waals surface area contributed by atoms with Crippen LogP contribution in [0.5, 0.6) is 5.75 Å². The number of Topliss-reactive ketones (excluding diaryl/α,β-unsaturated/α-hetero) is 1. The molecule has 0 aliphatic heterocycles. The van der Waals surface area contributed by atoms with E-state index in [0.717, 1.165) is 17.0 Å². The summed E-state index contributed by atoms with van der Waals surface area (Å²) in [5.41, 5.74) is 0.467. The fraction of sp³-hybridized carbons (Fsp3) is 0.150. The average molecular weight is 370 g/mol. The fourth-order valence-electron chi connectivity index (χ4n) is 2.49. The summed E-state index contributed by atoms with van der Waals surface area (Å²) in [7, 11) is 0. The maximum absolute atomic E-state index is 13.5. The van der Waals surface area contributed by atoms with Crippen molar-refractivity contribution < 1.29 is 27.9 Å². The Balaban J connectivity index is 1.58. The lowest BCUT2D eigenvalue weighted by Crippen LogP contribution is -2.20. The van der Waals surface area contributed by atoms with Gasteiger partial charge in [0.15, 0.2) is 13.2 Å². The van der Waals surface area contributed by atoms with Crippen molar-refractivity contribution in [1.82, 2.24) is 0 Å². The highest BCUT2D eigenvalue weighted by Crippen LogP contribution is 2.22. The largest absolute Gasteiger partial charge is 0.482 e. The maximum atomic E-state index is 13.5. The predicted octanol–water partition coefficient (Wildman–Crippen LogP) is 3.05. The Morgan fingerprint density at radius 2 is 1.85 bits per heavy atom. The highest BCUT2D eigenvalue weighted by molar-refractivity contribution is 5.98. The molecule has 0 bridgehead atoms. The number of aryl methyl sites for hydroxylation is 1. The number of carbonyl (C=O) groups excluding carboxylic acids is 2. The van der Waals surface area contributed by atoms with Gasteiger partial charge < -0.3 is 13.9 Å². The summed E-state index contributed by atoms with van der Waals surface area (Å²) in [6.07, 6.45) is 0. The molecule has 0 aliphatic rings. The normalized spacial score (nSPS) is 10.6. The number of halogens is 1. The number of hydrogen-bond acceptors (Lipinski definition) is 6. The standard InChI is InChI=1S/C20H15FO6/c1-12-8-19(23)27-18-9-13(6-7-14(12)18)25-11-20(24)26-10-17(22)15-4-2-3-5-16(15)21/h2-9H,10-11H2,1H3. The van der Waals surface area contributed by atoms with E-state index < -0.39 is 36.4 Å². The molecule has 0 saturated carbocycles. The van der Waals surface area contributed by atoms with E-state index in [-0.39, 0.29) is 5.56 Å². The first-order valence-electron chi connectivity index (χ1n) is 8.05. The van der Waals surface area contributed by atoms with Crippen molar-refractivity contribution in [2.75, 3.05) is 13.2 Å². The second-order valence-electron chi connectivity index (χ2n) is 5.76. The predicted molar refractivity (Wildman–Crippen MR) is 94.4 cm³/mol. The van der Waals surface area contributed by atoms with Crippen LogP contribution in [0.2, 0.25) is 0 Å². The van der Waals surface area contributed by atoms with Crippen molar-refractivity contribution in [3.8, 4) is 5.75 Å². The van der Waals surface area contributed by atoms with E-state index in [1.807, 2.05) is 0 Å². The Morgan fingerprint density at radius 1 is 1.07 bits per heavy atom. The Morgan fingerprint density at radius 3 is 2.63 bits per heavy atom. The maximum Gasteiger partial charge on any atom is 0.344 e. The molecule has 0 spiro atoms. The van der Waals surface area contributed by atoms with Crippen LogP contribution < -0.4 is 10.4 Å².